The number of aliphatic hydroxyl groups excluding tert-OH is 8. The number of halogens is 1. The molecule has 0 amide bonds. The Kier molecular flexibility index (Phi) is 22.9. The van der Waals surface area contributed by atoms with E-state index in [0.717, 1.165) is 169 Å². The van der Waals surface area contributed by atoms with Gasteiger partial charge in [0, 0.05) is 90.0 Å². The van der Waals surface area contributed by atoms with E-state index in [4.69, 9.17) is 0 Å². The maximum atomic E-state index is 14.3. The third-order valence-corrected chi connectivity index (χ3v) is 25.8. The van der Waals surface area contributed by atoms with E-state index in [2.05, 4.69) is 92.4 Å². The van der Waals surface area contributed by atoms with E-state index in [1.165, 1.54) is 70.4 Å². The Hall–Kier alpha value is -8.59. The van der Waals surface area contributed by atoms with Crippen LogP contribution in [0.2, 0.25) is 0 Å². The van der Waals surface area contributed by atoms with Crippen LogP contribution in [0.1, 0.15) is 232 Å². The largest absolute Gasteiger partial charge is 0.393 e. The normalized spacial score (nSPS) is 26.0. The Morgan fingerprint density at radius 3 is 0.853 bits per heavy atom. The van der Waals surface area contributed by atoms with Crippen molar-refractivity contribution in [2.45, 2.75) is 252 Å². The minimum absolute atomic E-state index is 0.0653. The Bertz CT molecular complexity index is 4410. The molecule has 0 radical (unpaired) electrons. The number of hydrogen-bond acceptors (Lipinski definition) is 18. The van der Waals surface area contributed by atoms with Gasteiger partial charge in [-0.15, -0.1) is 0 Å². The molecule has 10 unspecified atom stereocenters. The summed E-state index contributed by atoms with van der Waals surface area (Å²) in [6.07, 6.45) is 50.3. The van der Waals surface area contributed by atoms with Crippen LogP contribution in [-0.4, -0.2) is 162 Å². The van der Waals surface area contributed by atoms with Gasteiger partial charge < -0.3 is 63.7 Å². The first-order chi connectivity index (χ1) is 53.3. The first kappa shape index (κ1) is 74.5. The van der Waals surface area contributed by atoms with Crippen LogP contribution < -0.4 is 0 Å². The van der Waals surface area contributed by atoms with E-state index >= 15 is 0 Å². The molecule has 10 aromatic rings. The van der Waals surface area contributed by atoms with Crippen LogP contribution in [0.25, 0.3) is 56.3 Å². The number of hydrogen-bond donors (Lipinski definition) is 8. The fourth-order valence-electron chi connectivity index (χ4n) is 19.8. The van der Waals surface area contributed by atoms with Crippen LogP contribution in [0.4, 0.5) is 4.39 Å². The van der Waals surface area contributed by atoms with E-state index in [1.807, 2.05) is 104 Å². The number of imidazole rings is 5. The van der Waals surface area contributed by atoms with E-state index < -0.39 is 12.1 Å². The molecule has 0 bridgehead atoms. The molecule has 8 N–H and O–H groups in total. The second kappa shape index (κ2) is 33.5. The highest BCUT2D eigenvalue weighted by Crippen LogP contribution is 2.48. The standard InChI is InChI=1S/C17H20FN3O2.2C17H21N3O2.2C17H21N3O/c18-17-16-12(5-6-20-17)14-8-19-9-21(14)13(16)7-15(23)10-1-3-11(22)4-2-10;2*21-12-5-3-11(4-6-12)16(22)8-14-17-13(2-1-7-19-17)15-9-18-10-20(14)15;2*21-16(12-5-2-1-3-6-12)9-14-17-13(7-4-8-19-17)15-10-18-11-20(14)15/h5-6,8-11,13,15,22-23H,1-4,7H2;2*1-2,7,9-12,14,16,21-22H,3-6,8H2;2*4,7-8,10-12,14,16,21H,1-3,5-6,9H2. The summed E-state index contributed by atoms with van der Waals surface area (Å²) < 4.78 is 24.8. The second-order valence-electron chi connectivity index (χ2n) is 32.3. The highest BCUT2D eigenvalue weighted by atomic mass is 19.1. The van der Waals surface area contributed by atoms with Gasteiger partial charge in [0.15, 0.2) is 0 Å². The second-order valence-corrected chi connectivity index (χ2v) is 32.3. The molecular weight excluding hydrogens is 1380 g/mol. The molecule has 5 fully saturated rings. The van der Waals surface area contributed by atoms with Crippen molar-refractivity contribution in [2.24, 2.45) is 29.6 Å². The molecular formula is C85H104FN15O8. The number of rotatable bonds is 15. The fourth-order valence-corrected chi connectivity index (χ4v) is 19.8. The maximum absolute atomic E-state index is 14.3. The summed E-state index contributed by atoms with van der Waals surface area (Å²) in [4.78, 5) is 43.2. The molecule has 5 aliphatic carbocycles. The SMILES string of the molecule is OC(CC1c2ncccc2-c2cncn21)C1CCCCC1.OC(CC1c2ncccc2-c2cncn21)C1CCCCC1.OC1CCC(C(O)CC2c3c(ccnc3F)-c3cncn32)CC1.OC1CCC(C(O)CC2c3ncccc3-c3cncn32)CC1.OC1CCC(C(O)CC2c3ncccc3-c3cncn32)CC1. The average molecular weight is 1480 g/mol. The molecule has 15 heterocycles. The van der Waals surface area contributed by atoms with Gasteiger partial charge in [0.2, 0.25) is 5.95 Å². The summed E-state index contributed by atoms with van der Waals surface area (Å²) in [5.74, 6) is 1.17. The molecule has 24 heteroatoms. The summed E-state index contributed by atoms with van der Waals surface area (Å²) >= 11 is 0. The minimum Gasteiger partial charge on any atom is -0.393 e. The van der Waals surface area contributed by atoms with Gasteiger partial charge >= 0.3 is 0 Å². The molecule has 10 aromatic heterocycles. The summed E-state index contributed by atoms with van der Waals surface area (Å²) in [6, 6.07) is 18.1. The third kappa shape index (κ3) is 15.7. The van der Waals surface area contributed by atoms with Gasteiger partial charge in [-0.25, -0.2) is 29.9 Å². The van der Waals surface area contributed by atoms with Crippen LogP contribution in [0, 0.1) is 35.5 Å². The van der Waals surface area contributed by atoms with Crippen molar-refractivity contribution < 1.29 is 45.2 Å². The van der Waals surface area contributed by atoms with Crippen LogP contribution >= 0.6 is 0 Å². The zero-order chi connectivity index (χ0) is 74.7. The summed E-state index contributed by atoms with van der Waals surface area (Å²) in [7, 11) is 0. The van der Waals surface area contributed by atoms with Crippen molar-refractivity contribution >= 4 is 0 Å². The lowest BCUT2D eigenvalue weighted by atomic mass is 9.81. The van der Waals surface area contributed by atoms with E-state index in [-0.39, 0.29) is 90.7 Å². The molecule has 0 aromatic carbocycles. The van der Waals surface area contributed by atoms with Crippen molar-refractivity contribution in [1.82, 2.24) is 72.7 Å². The van der Waals surface area contributed by atoms with Gasteiger partial charge in [0.1, 0.15) is 0 Å². The van der Waals surface area contributed by atoms with Crippen molar-refractivity contribution in [2.75, 3.05) is 0 Å². The van der Waals surface area contributed by atoms with E-state index in [9.17, 15) is 45.2 Å². The summed E-state index contributed by atoms with van der Waals surface area (Å²) in [5, 5.41) is 82.2. The van der Waals surface area contributed by atoms with Gasteiger partial charge in [-0.1, -0.05) is 38.5 Å². The Morgan fingerprint density at radius 1 is 0.303 bits per heavy atom. The molecule has 0 spiro atoms. The molecule has 0 saturated heterocycles. The highest BCUT2D eigenvalue weighted by molar-refractivity contribution is 5.71. The van der Waals surface area contributed by atoms with Crippen molar-refractivity contribution in [3.05, 3.63) is 182 Å². The minimum atomic E-state index is -0.520. The quantitative estimate of drug-likeness (QED) is 0.0442. The Labute approximate surface area is 635 Å². The van der Waals surface area contributed by atoms with Crippen LogP contribution in [0.15, 0.2) is 148 Å². The van der Waals surface area contributed by atoms with Gasteiger partial charge in [-0.05, 0) is 193 Å². The fraction of sp³-hybridized carbons (Fsp3) is 0.529. The van der Waals surface area contributed by atoms with Crippen molar-refractivity contribution in [1.29, 1.82) is 0 Å². The van der Waals surface area contributed by atoms with Gasteiger partial charge in [0.05, 0.1) is 193 Å². The van der Waals surface area contributed by atoms with Crippen molar-refractivity contribution in [3.63, 3.8) is 0 Å². The van der Waals surface area contributed by atoms with Crippen LogP contribution in [-0.2, 0) is 0 Å². The lowest BCUT2D eigenvalue weighted by molar-refractivity contribution is 0.0323. The lowest BCUT2D eigenvalue weighted by Crippen LogP contribution is -2.29. The predicted molar refractivity (Wildman–Crippen MR) is 408 cm³/mol. The monoisotopic (exact) mass is 1480 g/mol. The van der Waals surface area contributed by atoms with Crippen LogP contribution in [0.5, 0.6) is 0 Å². The molecule has 5 aliphatic heterocycles. The molecule has 10 aliphatic rings. The first-order valence-corrected chi connectivity index (χ1v) is 40.3. The summed E-state index contributed by atoms with van der Waals surface area (Å²) in [5.41, 5.74) is 15.5. The zero-order valence-electron chi connectivity index (χ0n) is 62.0. The predicted octanol–water partition coefficient (Wildman–Crippen LogP) is 12.9. The number of pyridine rings is 5. The molecule has 23 nitrogen and oxygen atoms in total. The molecule has 10 atom stereocenters. The number of nitrogens with zero attached hydrogens (tertiary/aromatic N) is 15. The number of aliphatic hydroxyl groups is 8. The molecule has 20 rings (SSSR count). The van der Waals surface area contributed by atoms with Gasteiger partial charge in [-0.3, -0.25) is 19.9 Å². The third-order valence-electron chi connectivity index (χ3n) is 25.8. The van der Waals surface area contributed by atoms with E-state index in [0.29, 0.717) is 36.7 Å². The molecule has 574 valence electrons. The molecule has 109 heavy (non-hydrogen) atoms. The topological polar surface area (TPSA) is 315 Å². The van der Waals surface area contributed by atoms with Gasteiger partial charge in [-0.2, -0.15) is 4.39 Å². The smallest absolute Gasteiger partial charge is 0.218 e. The van der Waals surface area contributed by atoms with Gasteiger partial charge in [0.25, 0.3) is 0 Å². The summed E-state index contributed by atoms with van der Waals surface area (Å²) in [6.45, 7) is 0. The first-order valence-electron chi connectivity index (χ1n) is 40.3. The lowest BCUT2D eigenvalue weighted by Gasteiger charge is -2.31. The highest BCUT2D eigenvalue weighted by Gasteiger charge is 2.41. The van der Waals surface area contributed by atoms with E-state index in [1.54, 1.807) is 18.6 Å². The number of aromatic nitrogens is 15. The Balaban J connectivity index is 0.000000104. The number of fused-ring (bicyclic) bond motifs is 15. The van der Waals surface area contributed by atoms with Crippen molar-refractivity contribution in [3.8, 4) is 56.3 Å². The maximum Gasteiger partial charge on any atom is 0.218 e. The van der Waals surface area contributed by atoms with Crippen LogP contribution in [0.3, 0.4) is 0 Å². The Morgan fingerprint density at radius 2 is 0.560 bits per heavy atom. The molecule has 5 saturated carbocycles. The zero-order valence-corrected chi connectivity index (χ0v) is 62.0. The average Bonchev–Trinajstić information content (AvgIpc) is 1.80.